The molecule has 0 aromatic heterocycles. The second kappa shape index (κ2) is 9.16. The van der Waals surface area contributed by atoms with E-state index in [1.165, 1.54) is 5.56 Å². The third-order valence-electron chi connectivity index (χ3n) is 5.09. The number of carbonyl (C=O) groups is 2. The molecule has 0 fully saturated rings. The monoisotopic (exact) mass is 503 g/mol. The smallest absolute Gasteiger partial charge is 0.363 e. The van der Waals surface area contributed by atoms with Gasteiger partial charge in [0.2, 0.25) is 5.90 Å². The number of benzene rings is 3. The molecule has 1 heterocycles. The van der Waals surface area contributed by atoms with E-state index in [1.54, 1.807) is 54.6 Å². The molecule has 0 aliphatic carbocycles. The van der Waals surface area contributed by atoms with Gasteiger partial charge in [-0.3, -0.25) is 0 Å². The number of ether oxygens (including phenoxy) is 2. The molecule has 166 valence electrons. The Morgan fingerprint density at radius 1 is 0.939 bits per heavy atom. The molecular weight excluding hydrogens is 482 g/mol. The van der Waals surface area contributed by atoms with Crippen molar-refractivity contribution >= 4 is 39.8 Å². The Balaban J connectivity index is 1.47. The van der Waals surface area contributed by atoms with Gasteiger partial charge in [0.15, 0.2) is 5.70 Å². The average Bonchev–Trinajstić information content (AvgIpc) is 3.15. The van der Waals surface area contributed by atoms with Crippen LogP contribution >= 0.6 is 15.9 Å². The van der Waals surface area contributed by atoms with E-state index in [4.69, 9.17) is 9.47 Å². The van der Waals surface area contributed by atoms with E-state index < -0.39 is 11.9 Å². The van der Waals surface area contributed by atoms with Crippen molar-refractivity contribution in [2.75, 3.05) is 0 Å². The van der Waals surface area contributed by atoms with Gasteiger partial charge in [0, 0.05) is 10.0 Å². The zero-order chi connectivity index (χ0) is 23.6. The first kappa shape index (κ1) is 22.7. The molecule has 0 radical (unpaired) electrons. The summed E-state index contributed by atoms with van der Waals surface area (Å²) in [6, 6.07) is 21.6. The summed E-state index contributed by atoms with van der Waals surface area (Å²) in [5, 5.41) is 0. The number of carbonyl (C=O) groups excluding carboxylic acids is 2. The predicted molar refractivity (Wildman–Crippen MR) is 131 cm³/mol. The maximum Gasteiger partial charge on any atom is 0.363 e. The van der Waals surface area contributed by atoms with E-state index in [-0.39, 0.29) is 17.0 Å². The van der Waals surface area contributed by atoms with Crippen molar-refractivity contribution < 1.29 is 19.1 Å². The highest BCUT2D eigenvalue weighted by molar-refractivity contribution is 9.10. The summed E-state index contributed by atoms with van der Waals surface area (Å²) in [7, 11) is 0. The van der Waals surface area contributed by atoms with Crippen molar-refractivity contribution in [3.05, 3.63) is 105 Å². The molecule has 0 amide bonds. The Morgan fingerprint density at radius 2 is 1.58 bits per heavy atom. The van der Waals surface area contributed by atoms with Crippen LogP contribution in [0.3, 0.4) is 0 Å². The second-order valence-corrected chi connectivity index (χ2v) is 9.54. The topological polar surface area (TPSA) is 65.0 Å². The van der Waals surface area contributed by atoms with Gasteiger partial charge in [0.25, 0.3) is 0 Å². The molecule has 3 aromatic rings. The van der Waals surface area contributed by atoms with Crippen molar-refractivity contribution in [3.63, 3.8) is 0 Å². The van der Waals surface area contributed by atoms with Crippen LogP contribution in [-0.2, 0) is 14.9 Å². The Bertz CT molecular complexity index is 1250. The molecule has 4 rings (SSSR count). The summed E-state index contributed by atoms with van der Waals surface area (Å²) in [4.78, 5) is 28.9. The van der Waals surface area contributed by atoms with E-state index in [9.17, 15) is 9.59 Å². The minimum Gasteiger partial charge on any atom is -0.423 e. The fourth-order valence-electron chi connectivity index (χ4n) is 3.19. The first-order chi connectivity index (χ1) is 15.7. The molecule has 0 bridgehead atoms. The van der Waals surface area contributed by atoms with Crippen LogP contribution in [-0.4, -0.2) is 17.8 Å². The quantitative estimate of drug-likeness (QED) is 0.237. The molecule has 0 saturated heterocycles. The van der Waals surface area contributed by atoms with Crippen LogP contribution in [0.2, 0.25) is 0 Å². The van der Waals surface area contributed by atoms with E-state index in [2.05, 4.69) is 41.7 Å². The van der Waals surface area contributed by atoms with Crippen LogP contribution in [0.1, 0.15) is 47.8 Å². The standard InChI is InChI=1S/C27H22BrNO4/c1-27(2,3)20-10-6-18(7-11-20)24-29-23(26(31)33-24)16-17-4-14-22(15-5-17)32-25(30)19-8-12-21(28)13-9-19/h4-16H,1-3H3/b23-16-. The van der Waals surface area contributed by atoms with Gasteiger partial charge in [0.05, 0.1) is 5.56 Å². The molecule has 33 heavy (non-hydrogen) atoms. The minimum atomic E-state index is -0.504. The van der Waals surface area contributed by atoms with E-state index in [1.807, 2.05) is 24.3 Å². The molecule has 3 aromatic carbocycles. The third-order valence-corrected chi connectivity index (χ3v) is 5.62. The summed E-state index contributed by atoms with van der Waals surface area (Å²) >= 11 is 3.34. The number of nitrogens with zero attached hydrogens (tertiary/aromatic N) is 1. The van der Waals surface area contributed by atoms with Crippen LogP contribution < -0.4 is 4.74 Å². The summed E-state index contributed by atoms with van der Waals surface area (Å²) in [5.74, 6) is -0.260. The van der Waals surface area contributed by atoms with Crippen molar-refractivity contribution in [2.45, 2.75) is 26.2 Å². The zero-order valence-electron chi connectivity index (χ0n) is 18.5. The zero-order valence-corrected chi connectivity index (χ0v) is 20.0. The van der Waals surface area contributed by atoms with Crippen LogP contribution in [0.15, 0.2) is 88.0 Å². The molecule has 1 aliphatic rings. The maximum absolute atomic E-state index is 12.3. The molecule has 0 N–H and O–H groups in total. The molecule has 1 aliphatic heterocycles. The molecule has 0 spiro atoms. The SMILES string of the molecule is CC(C)(C)c1ccc(C2=N/C(=C\c3ccc(OC(=O)c4ccc(Br)cc4)cc3)C(=O)O2)cc1. The summed E-state index contributed by atoms with van der Waals surface area (Å²) in [6.07, 6.45) is 1.64. The fraction of sp³-hybridized carbons (Fsp3) is 0.148. The van der Waals surface area contributed by atoms with Gasteiger partial charge in [-0.1, -0.05) is 61.0 Å². The molecule has 0 atom stereocenters. The van der Waals surface area contributed by atoms with Gasteiger partial charge in [-0.2, -0.15) is 0 Å². The van der Waals surface area contributed by atoms with Gasteiger partial charge in [-0.15, -0.1) is 0 Å². The van der Waals surface area contributed by atoms with Gasteiger partial charge in [-0.05, 0) is 71.1 Å². The lowest BCUT2D eigenvalue weighted by Gasteiger charge is -2.18. The molecule has 5 nitrogen and oxygen atoms in total. The number of halogens is 1. The van der Waals surface area contributed by atoms with Gasteiger partial charge in [0.1, 0.15) is 5.75 Å². The summed E-state index contributed by atoms with van der Waals surface area (Å²) < 4.78 is 11.6. The summed E-state index contributed by atoms with van der Waals surface area (Å²) in [6.45, 7) is 6.43. The maximum atomic E-state index is 12.3. The molecule has 0 unspecified atom stereocenters. The van der Waals surface area contributed by atoms with Gasteiger partial charge in [-0.25, -0.2) is 14.6 Å². The number of aliphatic imine (C=N–C) groups is 1. The predicted octanol–water partition coefficient (Wildman–Crippen LogP) is 6.31. The Morgan fingerprint density at radius 3 is 2.18 bits per heavy atom. The fourth-order valence-corrected chi connectivity index (χ4v) is 3.45. The molecule has 0 saturated carbocycles. The third kappa shape index (κ3) is 5.46. The summed E-state index contributed by atoms with van der Waals surface area (Å²) in [5.41, 5.74) is 3.37. The van der Waals surface area contributed by atoms with Crippen molar-refractivity contribution in [3.8, 4) is 5.75 Å². The minimum absolute atomic E-state index is 0.0382. The Kier molecular flexibility index (Phi) is 6.29. The van der Waals surface area contributed by atoms with Crippen LogP contribution in [0.4, 0.5) is 0 Å². The Hall–Kier alpha value is -3.51. The molecule has 6 heteroatoms. The van der Waals surface area contributed by atoms with E-state index >= 15 is 0 Å². The van der Waals surface area contributed by atoms with Crippen molar-refractivity contribution in [2.24, 2.45) is 4.99 Å². The van der Waals surface area contributed by atoms with Gasteiger partial charge >= 0.3 is 11.9 Å². The first-order valence-electron chi connectivity index (χ1n) is 10.4. The number of esters is 2. The Labute approximate surface area is 200 Å². The highest BCUT2D eigenvalue weighted by atomic mass is 79.9. The highest BCUT2D eigenvalue weighted by Gasteiger charge is 2.24. The van der Waals surface area contributed by atoms with Crippen molar-refractivity contribution in [1.82, 2.24) is 0 Å². The van der Waals surface area contributed by atoms with E-state index in [0.717, 1.165) is 15.6 Å². The van der Waals surface area contributed by atoms with Crippen LogP contribution in [0.25, 0.3) is 6.08 Å². The van der Waals surface area contributed by atoms with Crippen LogP contribution in [0, 0.1) is 0 Å². The normalized spacial score (nSPS) is 14.7. The first-order valence-corrected chi connectivity index (χ1v) is 11.2. The lowest BCUT2D eigenvalue weighted by molar-refractivity contribution is -0.129. The largest absolute Gasteiger partial charge is 0.423 e. The number of rotatable bonds is 4. The molecular formula is C27H22BrNO4. The second-order valence-electron chi connectivity index (χ2n) is 8.63. The average molecular weight is 504 g/mol. The van der Waals surface area contributed by atoms with E-state index in [0.29, 0.717) is 11.3 Å². The van der Waals surface area contributed by atoms with Crippen molar-refractivity contribution in [1.29, 1.82) is 0 Å². The number of cyclic esters (lactones) is 1. The van der Waals surface area contributed by atoms with Gasteiger partial charge < -0.3 is 9.47 Å². The number of hydrogen-bond acceptors (Lipinski definition) is 5. The lowest BCUT2D eigenvalue weighted by atomic mass is 9.87. The van der Waals surface area contributed by atoms with Crippen LogP contribution in [0.5, 0.6) is 5.75 Å². The lowest BCUT2D eigenvalue weighted by Crippen LogP contribution is -2.11. The highest BCUT2D eigenvalue weighted by Crippen LogP contribution is 2.25. The number of hydrogen-bond donors (Lipinski definition) is 0.